The van der Waals surface area contributed by atoms with Gasteiger partial charge in [0.2, 0.25) is 5.91 Å². The van der Waals surface area contributed by atoms with Crippen LogP contribution in [0.5, 0.6) is 0 Å². The standard InChI is InChI=1S/C17H10Cl2N4O2S3/c18-9-2-1-3-11(13(9)19)23-15(25)14-10(4-6-26-14)21-17(23)28-8-12(24)22-16-20-5-7-27-16/h1-7H,8H2,(H,20,22,24). The zero-order valence-electron chi connectivity index (χ0n) is 13.9. The second-order valence-corrected chi connectivity index (χ2v) is 8.96. The van der Waals surface area contributed by atoms with Crippen molar-refractivity contribution in [1.82, 2.24) is 14.5 Å². The van der Waals surface area contributed by atoms with Crippen LogP contribution in [-0.4, -0.2) is 26.2 Å². The number of rotatable bonds is 5. The average Bonchev–Trinajstić information content (AvgIpc) is 3.35. The van der Waals surface area contributed by atoms with Gasteiger partial charge < -0.3 is 5.32 Å². The number of thioether (sulfide) groups is 1. The highest BCUT2D eigenvalue weighted by Crippen LogP contribution is 2.31. The number of benzene rings is 1. The van der Waals surface area contributed by atoms with E-state index in [0.29, 0.717) is 31.2 Å². The maximum Gasteiger partial charge on any atom is 0.276 e. The molecule has 0 radical (unpaired) electrons. The SMILES string of the molecule is O=C(CSc1nc2ccsc2c(=O)n1-c1cccc(Cl)c1Cl)Nc1nccs1. The second-order valence-electron chi connectivity index (χ2n) is 5.42. The lowest BCUT2D eigenvalue weighted by Crippen LogP contribution is -2.22. The van der Waals surface area contributed by atoms with E-state index in [1.807, 2.05) is 0 Å². The summed E-state index contributed by atoms with van der Waals surface area (Å²) in [5.74, 6) is -0.191. The van der Waals surface area contributed by atoms with E-state index in [1.54, 1.807) is 41.2 Å². The molecule has 0 atom stereocenters. The molecule has 3 heterocycles. The van der Waals surface area contributed by atoms with Gasteiger partial charge in [-0.05, 0) is 23.6 Å². The van der Waals surface area contributed by atoms with Gasteiger partial charge in [-0.2, -0.15) is 0 Å². The number of carbonyl (C=O) groups is 1. The Morgan fingerprint density at radius 3 is 2.86 bits per heavy atom. The predicted molar refractivity (Wildman–Crippen MR) is 117 cm³/mol. The first-order chi connectivity index (χ1) is 13.5. The Hall–Kier alpha value is -1.91. The zero-order chi connectivity index (χ0) is 19.7. The van der Waals surface area contributed by atoms with Gasteiger partial charge in [-0.15, -0.1) is 22.7 Å². The molecule has 142 valence electrons. The van der Waals surface area contributed by atoms with E-state index in [9.17, 15) is 9.59 Å². The first-order valence-corrected chi connectivity index (χ1v) is 11.3. The Labute approximate surface area is 181 Å². The number of nitrogens with zero attached hydrogens (tertiary/aromatic N) is 3. The van der Waals surface area contributed by atoms with Gasteiger partial charge in [-0.25, -0.2) is 9.97 Å². The minimum atomic E-state index is -0.257. The molecule has 0 fully saturated rings. The summed E-state index contributed by atoms with van der Waals surface area (Å²) in [6.07, 6.45) is 1.61. The number of carbonyl (C=O) groups excluding carboxylic acids is 1. The van der Waals surface area contributed by atoms with Crippen molar-refractivity contribution in [2.24, 2.45) is 0 Å². The van der Waals surface area contributed by atoms with Crippen LogP contribution in [0.4, 0.5) is 5.13 Å². The van der Waals surface area contributed by atoms with Crippen molar-refractivity contribution in [2.75, 3.05) is 11.1 Å². The maximum atomic E-state index is 13.1. The summed E-state index contributed by atoms with van der Waals surface area (Å²) in [7, 11) is 0. The van der Waals surface area contributed by atoms with Crippen LogP contribution in [0, 0.1) is 0 Å². The van der Waals surface area contributed by atoms with E-state index < -0.39 is 0 Å². The topological polar surface area (TPSA) is 76.9 Å². The van der Waals surface area contributed by atoms with Crippen molar-refractivity contribution in [3.05, 3.63) is 61.6 Å². The predicted octanol–water partition coefficient (Wildman–Crippen LogP) is 4.94. The summed E-state index contributed by atoms with van der Waals surface area (Å²) in [4.78, 5) is 33.9. The summed E-state index contributed by atoms with van der Waals surface area (Å²) in [5.41, 5.74) is 0.740. The monoisotopic (exact) mass is 468 g/mol. The molecule has 1 N–H and O–H groups in total. The first-order valence-electron chi connectivity index (χ1n) is 7.81. The van der Waals surface area contributed by atoms with Crippen LogP contribution >= 0.6 is 57.6 Å². The molecule has 1 amide bonds. The van der Waals surface area contributed by atoms with Crippen molar-refractivity contribution in [3.8, 4) is 5.69 Å². The van der Waals surface area contributed by atoms with Crippen LogP contribution in [0.25, 0.3) is 15.9 Å². The third-order valence-corrected chi connectivity index (χ3v) is 6.96. The summed E-state index contributed by atoms with van der Waals surface area (Å²) < 4.78 is 1.90. The number of hydrogen-bond acceptors (Lipinski definition) is 7. The number of thiophene rings is 1. The Morgan fingerprint density at radius 2 is 2.07 bits per heavy atom. The van der Waals surface area contributed by atoms with Gasteiger partial charge in [-0.1, -0.05) is 41.0 Å². The third-order valence-electron chi connectivity index (χ3n) is 3.63. The molecule has 6 nitrogen and oxygen atoms in total. The summed E-state index contributed by atoms with van der Waals surface area (Å²) in [5, 5.41) is 7.72. The van der Waals surface area contributed by atoms with E-state index in [1.165, 1.54) is 27.2 Å². The quantitative estimate of drug-likeness (QED) is 0.331. The fourth-order valence-electron chi connectivity index (χ4n) is 2.44. The lowest BCUT2D eigenvalue weighted by atomic mass is 10.3. The number of fused-ring (bicyclic) bond motifs is 1. The Kier molecular flexibility index (Phi) is 5.70. The molecule has 0 saturated heterocycles. The summed E-state index contributed by atoms with van der Waals surface area (Å²) >= 11 is 16.2. The zero-order valence-corrected chi connectivity index (χ0v) is 17.8. The highest BCUT2D eigenvalue weighted by Gasteiger charge is 2.18. The van der Waals surface area contributed by atoms with Gasteiger partial charge >= 0.3 is 0 Å². The van der Waals surface area contributed by atoms with Gasteiger partial charge in [0.15, 0.2) is 10.3 Å². The maximum absolute atomic E-state index is 13.1. The minimum absolute atomic E-state index is 0.0554. The highest BCUT2D eigenvalue weighted by molar-refractivity contribution is 7.99. The van der Waals surface area contributed by atoms with Crippen LogP contribution in [0.3, 0.4) is 0 Å². The lowest BCUT2D eigenvalue weighted by molar-refractivity contribution is -0.113. The summed E-state index contributed by atoms with van der Waals surface area (Å²) in [6, 6.07) is 6.81. The largest absolute Gasteiger partial charge is 0.301 e. The normalized spacial score (nSPS) is 11.1. The Bertz CT molecular complexity index is 1220. The van der Waals surface area contributed by atoms with Crippen LogP contribution in [0.15, 0.2) is 51.2 Å². The van der Waals surface area contributed by atoms with E-state index in [-0.39, 0.29) is 22.2 Å². The number of nitrogens with one attached hydrogen (secondary N) is 1. The molecule has 4 aromatic rings. The Morgan fingerprint density at radius 1 is 1.21 bits per heavy atom. The molecule has 0 saturated carbocycles. The molecule has 0 bridgehead atoms. The van der Waals surface area contributed by atoms with Gasteiger partial charge in [0.25, 0.3) is 5.56 Å². The summed E-state index contributed by atoms with van der Waals surface area (Å²) in [6.45, 7) is 0. The lowest BCUT2D eigenvalue weighted by Gasteiger charge is -2.13. The van der Waals surface area contributed by atoms with E-state index >= 15 is 0 Å². The number of anilines is 1. The number of thiazole rings is 1. The molecular formula is C17H10Cl2N4O2S3. The molecule has 1 aromatic carbocycles. The molecule has 0 aliphatic rings. The first kappa shape index (κ1) is 19.4. The van der Waals surface area contributed by atoms with Crippen LogP contribution in [0.1, 0.15) is 0 Å². The minimum Gasteiger partial charge on any atom is -0.301 e. The van der Waals surface area contributed by atoms with Crippen molar-refractivity contribution < 1.29 is 4.79 Å². The fraction of sp³-hybridized carbons (Fsp3) is 0.0588. The molecule has 28 heavy (non-hydrogen) atoms. The van der Waals surface area contributed by atoms with Crippen LogP contribution in [0.2, 0.25) is 10.0 Å². The van der Waals surface area contributed by atoms with Gasteiger partial charge in [0.05, 0.1) is 27.0 Å². The van der Waals surface area contributed by atoms with E-state index in [4.69, 9.17) is 23.2 Å². The van der Waals surface area contributed by atoms with Crippen LogP contribution < -0.4 is 10.9 Å². The number of hydrogen-bond donors (Lipinski definition) is 1. The van der Waals surface area contributed by atoms with E-state index in [2.05, 4.69) is 15.3 Å². The fourth-order valence-corrected chi connectivity index (χ4v) is 4.93. The molecule has 0 spiro atoms. The molecule has 0 aliphatic heterocycles. The van der Waals surface area contributed by atoms with Crippen molar-refractivity contribution in [2.45, 2.75) is 5.16 Å². The number of halogens is 2. The molecule has 11 heteroatoms. The molecule has 3 aromatic heterocycles. The third kappa shape index (κ3) is 3.81. The van der Waals surface area contributed by atoms with Crippen molar-refractivity contribution in [3.63, 3.8) is 0 Å². The second kappa shape index (κ2) is 8.22. The molecular weight excluding hydrogens is 459 g/mol. The molecule has 4 rings (SSSR count). The number of amides is 1. The van der Waals surface area contributed by atoms with Gasteiger partial charge in [-0.3, -0.25) is 14.2 Å². The smallest absolute Gasteiger partial charge is 0.276 e. The molecule has 0 unspecified atom stereocenters. The van der Waals surface area contributed by atoms with Gasteiger partial charge in [0, 0.05) is 11.6 Å². The van der Waals surface area contributed by atoms with Crippen LogP contribution in [-0.2, 0) is 4.79 Å². The van der Waals surface area contributed by atoms with E-state index in [0.717, 1.165) is 11.8 Å². The van der Waals surface area contributed by atoms with Crippen molar-refractivity contribution in [1.29, 1.82) is 0 Å². The van der Waals surface area contributed by atoms with Gasteiger partial charge in [0.1, 0.15) is 4.70 Å². The Balaban J connectivity index is 1.73. The average molecular weight is 469 g/mol. The van der Waals surface area contributed by atoms with Crippen molar-refractivity contribution >= 4 is 78.9 Å². The highest BCUT2D eigenvalue weighted by atomic mass is 35.5. The number of aromatic nitrogens is 3. The molecule has 0 aliphatic carbocycles.